The van der Waals surface area contributed by atoms with Gasteiger partial charge in [0, 0.05) is 16.7 Å². The van der Waals surface area contributed by atoms with Crippen molar-refractivity contribution in [1.82, 2.24) is 0 Å². The number of methoxy groups -OCH3 is 1. The summed E-state index contributed by atoms with van der Waals surface area (Å²) in [5.41, 5.74) is -5.05. The highest BCUT2D eigenvalue weighted by Crippen LogP contribution is 2.70. The molecule has 0 amide bonds. The van der Waals surface area contributed by atoms with Crippen LogP contribution in [0.15, 0.2) is 23.8 Å². The number of halogens is 1. The molecule has 0 aromatic carbocycles. The van der Waals surface area contributed by atoms with E-state index in [2.05, 4.69) is 0 Å². The lowest BCUT2D eigenvalue weighted by Crippen LogP contribution is -2.69. The van der Waals surface area contributed by atoms with Gasteiger partial charge in [-0.05, 0) is 56.6 Å². The smallest absolute Gasteiger partial charge is 0.338 e. The summed E-state index contributed by atoms with van der Waals surface area (Å²) in [6.07, 6.45) is 4.61. The molecule has 0 saturated heterocycles. The van der Waals surface area contributed by atoms with Gasteiger partial charge in [0.05, 0.1) is 13.2 Å². The quantitative estimate of drug-likeness (QED) is 0.670. The first kappa shape index (κ1) is 19.8. The Labute approximate surface area is 164 Å². The summed E-state index contributed by atoms with van der Waals surface area (Å²) >= 11 is 0. The molecule has 3 saturated carbocycles. The lowest BCUT2D eigenvalue weighted by atomic mass is 9.45. The molecule has 0 radical (unpaired) electrons. The van der Waals surface area contributed by atoms with E-state index in [0.29, 0.717) is 19.3 Å². The van der Waals surface area contributed by atoms with Crippen LogP contribution in [0.1, 0.15) is 46.5 Å². The van der Waals surface area contributed by atoms with E-state index in [4.69, 9.17) is 4.74 Å². The van der Waals surface area contributed by atoms with Gasteiger partial charge in [-0.1, -0.05) is 25.5 Å². The number of aliphatic hydroxyl groups is 2. The molecule has 0 aliphatic heterocycles. The number of alkyl halides is 1. The van der Waals surface area contributed by atoms with Crippen LogP contribution in [0.3, 0.4) is 0 Å². The number of aliphatic hydroxyl groups excluding tert-OH is 1. The predicted molar refractivity (Wildman–Crippen MR) is 99.9 cm³/mol. The number of allylic oxidation sites excluding steroid dienone is 4. The lowest BCUT2D eigenvalue weighted by molar-refractivity contribution is -0.226. The molecule has 3 fully saturated rings. The topological polar surface area (TPSA) is 83.8 Å². The van der Waals surface area contributed by atoms with Crippen LogP contribution in [-0.4, -0.2) is 46.4 Å². The third kappa shape index (κ3) is 1.98. The number of rotatable bonds is 1. The fourth-order valence-electron chi connectivity index (χ4n) is 7.14. The summed E-state index contributed by atoms with van der Waals surface area (Å²) in [6.45, 7) is 5.33. The van der Waals surface area contributed by atoms with Gasteiger partial charge in [-0.25, -0.2) is 9.18 Å². The lowest BCUT2D eigenvalue weighted by Gasteiger charge is -2.62. The standard InChI is InChI=1S/C22H29FO5/c1-12-9-16-15-6-5-13-10-14(24)7-8-19(13,2)21(15,23)17(25)11-20(16,3)22(12,27)18(26)28-4/h7-8,10,12,15-17,25,27H,5-6,9,11H2,1-4H3/t12-,15?,16?,17-,19?,20?,21?,22-/m0/s1. The van der Waals surface area contributed by atoms with Crippen LogP contribution in [0.25, 0.3) is 0 Å². The van der Waals surface area contributed by atoms with Gasteiger partial charge >= 0.3 is 5.97 Å². The van der Waals surface area contributed by atoms with Crippen molar-refractivity contribution in [2.75, 3.05) is 7.11 Å². The minimum Gasteiger partial charge on any atom is -0.467 e. The molecule has 28 heavy (non-hydrogen) atoms. The number of carbonyl (C=O) groups excluding carboxylic acids is 2. The molecule has 154 valence electrons. The zero-order valence-corrected chi connectivity index (χ0v) is 16.9. The van der Waals surface area contributed by atoms with Gasteiger partial charge in [-0.2, -0.15) is 0 Å². The Bertz CT molecular complexity index is 805. The molecule has 0 heterocycles. The first-order valence-electron chi connectivity index (χ1n) is 10.1. The third-order valence-corrected chi connectivity index (χ3v) is 8.72. The van der Waals surface area contributed by atoms with Crippen LogP contribution in [0.5, 0.6) is 0 Å². The molecule has 4 aliphatic rings. The Morgan fingerprint density at radius 1 is 1.32 bits per heavy atom. The van der Waals surface area contributed by atoms with E-state index in [1.165, 1.54) is 19.3 Å². The molecule has 0 spiro atoms. The Kier molecular flexibility index (Phi) is 4.07. The van der Waals surface area contributed by atoms with Gasteiger partial charge in [-0.3, -0.25) is 4.79 Å². The van der Waals surface area contributed by atoms with Crippen LogP contribution in [0, 0.1) is 28.6 Å². The second kappa shape index (κ2) is 5.76. The van der Waals surface area contributed by atoms with Crippen molar-refractivity contribution in [1.29, 1.82) is 0 Å². The normalized spacial score (nSPS) is 52.4. The minimum atomic E-state index is -1.96. The summed E-state index contributed by atoms with van der Waals surface area (Å²) in [4.78, 5) is 24.4. The highest BCUT2D eigenvalue weighted by atomic mass is 19.1. The monoisotopic (exact) mass is 392 g/mol. The SMILES string of the molecule is COC(=O)[C@@]1(O)[C@@H](C)CC2C3CCC4=CC(=O)C=CC4(C)C3(F)[C@@H](O)CC21C. The van der Waals surface area contributed by atoms with E-state index in [9.17, 15) is 19.8 Å². The van der Waals surface area contributed by atoms with Crippen LogP contribution in [0.4, 0.5) is 4.39 Å². The molecular weight excluding hydrogens is 363 g/mol. The molecule has 8 atom stereocenters. The number of hydrogen-bond acceptors (Lipinski definition) is 5. The van der Waals surface area contributed by atoms with E-state index in [1.807, 2.05) is 0 Å². The van der Waals surface area contributed by atoms with Gasteiger partial charge in [0.2, 0.25) is 0 Å². The molecule has 5 nitrogen and oxygen atoms in total. The van der Waals surface area contributed by atoms with Crippen molar-refractivity contribution in [3.63, 3.8) is 0 Å². The predicted octanol–water partition coefficient (Wildman–Crippen LogP) is 2.51. The average Bonchev–Trinajstić information content (AvgIpc) is 2.84. The zero-order chi connectivity index (χ0) is 20.7. The van der Waals surface area contributed by atoms with Gasteiger partial charge in [0.25, 0.3) is 0 Å². The Morgan fingerprint density at radius 2 is 2.00 bits per heavy atom. The summed E-state index contributed by atoms with van der Waals surface area (Å²) in [5, 5.41) is 22.6. The van der Waals surface area contributed by atoms with E-state index < -0.39 is 46.0 Å². The third-order valence-electron chi connectivity index (χ3n) is 8.72. The summed E-state index contributed by atoms with van der Waals surface area (Å²) in [6, 6.07) is 0. The van der Waals surface area contributed by atoms with E-state index >= 15 is 4.39 Å². The molecule has 0 aromatic rings. The van der Waals surface area contributed by atoms with Crippen molar-refractivity contribution in [2.24, 2.45) is 28.6 Å². The number of carbonyl (C=O) groups is 2. The van der Waals surface area contributed by atoms with Gasteiger partial charge in [-0.15, -0.1) is 0 Å². The highest BCUT2D eigenvalue weighted by Gasteiger charge is 2.76. The highest BCUT2D eigenvalue weighted by molar-refractivity contribution is 6.01. The molecule has 0 bridgehead atoms. The second-order valence-corrected chi connectivity index (χ2v) is 9.66. The molecular formula is C22H29FO5. The molecule has 6 heteroatoms. The fraction of sp³-hybridized carbons (Fsp3) is 0.727. The van der Waals surface area contributed by atoms with Gasteiger partial charge < -0.3 is 14.9 Å². The second-order valence-electron chi connectivity index (χ2n) is 9.66. The van der Waals surface area contributed by atoms with Gasteiger partial charge in [0.15, 0.2) is 17.1 Å². The minimum absolute atomic E-state index is 0.0364. The number of fused-ring (bicyclic) bond motifs is 5. The average molecular weight is 392 g/mol. The van der Waals surface area contributed by atoms with Crippen LogP contribution < -0.4 is 0 Å². The Hall–Kier alpha value is -1.53. The first-order valence-corrected chi connectivity index (χ1v) is 10.1. The van der Waals surface area contributed by atoms with E-state index in [1.54, 1.807) is 26.8 Å². The van der Waals surface area contributed by atoms with Crippen molar-refractivity contribution >= 4 is 11.8 Å². The first-order chi connectivity index (χ1) is 13.0. The maximum Gasteiger partial charge on any atom is 0.338 e. The number of ketones is 1. The molecule has 2 N–H and O–H groups in total. The van der Waals surface area contributed by atoms with Crippen molar-refractivity contribution in [3.05, 3.63) is 23.8 Å². The molecule has 5 unspecified atom stereocenters. The number of ether oxygens (including phenoxy) is 1. The zero-order valence-electron chi connectivity index (χ0n) is 16.9. The fourth-order valence-corrected chi connectivity index (χ4v) is 7.14. The largest absolute Gasteiger partial charge is 0.467 e. The van der Waals surface area contributed by atoms with E-state index in [0.717, 1.165) is 5.57 Å². The van der Waals surface area contributed by atoms with Crippen LogP contribution in [0.2, 0.25) is 0 Å². The van der Waals surface area contributed by atoms with Gasteiger partial charge in [0.1, 0.15) is 0 Å². The van der Waals surface area contributed by atoms with Crippen molar-refractivity contribution in [2.45, 2.75) is 63.8 Å². The van der Waals surface area contributed by atoms with Crippen molar-refractivity contribution in [3.8, 4) is 0 Å². The summed E-state index contributed by atoms with van der Waals surface area (Å²) < 4.78 is 21.8. The molecule has 4 rings (SSSR count). The van der Waals surface area contributed by atoms with E-state index in [-0.39, 0.29) is 18.1 Å². The van der Waals surface area contributed by atoms with Crippen LogP contribution >= 0.6 is 0 Å². The molecule has 4 aliphatic carbocycles. The Balaban J connectivity index is 1.84. The summed E-state index contributed by atoms with van der Waals surface area (Å²) in [7, 11) is 1.24. The van der Waals surface area contributed by atoms with Crippen molar-refractivity contribution < 1.29 is 28.9 Å². The number of hydrogen-bond donors (Lipinski definition) is 2. The van der Waals surface area contributed by atoms with Crippen LogP contribution in [-0.2, 0) is 14.3 Å². The number of esters is 1. The maximum atomic E-state index is 16.9. The summed E-state index contributed by atoms with van der Waals surface area (Å²) in [5.74, 6) is -2.07. The Morgan fingerprint density at radius 3 is 2.64 bits per heavy atom. The molecule has 0 aromatic heterocycles. The maximum absolute atomic E-state index is 16.9.